The molecule has 0 unspecified atom stereocenters. The summed E-state index contributed by atoms with van der Waals surface area (Å²) < 4.78 is 6.55. The van der Waals surface area contributed by atoms with E-state index in [-0.39, 0.29) is 24.4 Å². The topological polar surface area (TPSA) is 77.4 Å². The lowest BCUT2D eigenvalue weighted by Crippen LogP contribution is -2.23. The molecule has 1 heterocycles. The standard InChI is InChI=1S/C21H20N2O4S/c1-15-14-28-21(26)23(15)12-11-20(25)27-13-19(24)22-18-10-6-5-9-17(18)16-7-3-2-4-8-16/h2-10,14H,11-13H2,1H3,(H,22,24). The zero-order chi connectivity index (χ0) is 19.9. The Balaban J connectivity index is 1.54. The van der Waals surface area contributed by atoms with Crippen LogP contribution in [0.1, 0.15) is 12.1 Å². The molecule has 0 saturated carbocycles. The second kappa shape index (κ2) is 9.14. The van der Waals surface area contributed by atoms with Gasteiger partial charge in [0.1, 0.15) is 0 Å². The van der Waals surface area contributed by atoms with Gasteiger partial charge in [0.15, 0.2) is 6.61 Å². The number of aryl methyl sites for hydroxylation is 1. The average molecular weight is 396 g/mol. The lowest BCUT2D eigenvalue weighted by atomic mass is 10.0. The molecule has 0 aliphatic rings. The minimum atomic E-state index is -0.524. The van der Waals surface area contributed by atoms with Crippen molar-refractivity contribution < 1.29 is 14.3 Å². The van der Waals surface area contributed by atoms with Gasteiger partial charge in [-0.15, -0.1) is 0 Å². The van der Waals surface area contributed by atoms with Crippen LogP contribution in [0, 0.1) is 6.92 Å². The van der Waals surface area contributed by atoms with Crippen LogP contribution < -0.4 is 10.2 Å². The molecular weight excluding hydrogens is 376 g/mol. The van der Waals surface area contributed by atoms with Crippen LogP contribution in [0.3, 0.4) is 0 Å². The molecule has 1 amide bonds. The van der Waals surface area contributed by atoms with Crippen molar-refractivity contribution in [2.45, 2.75) is 19.9 Å². The molecule has 0 saturated heterocycles. The molecule has 0 bridgehead atoms. The molecule has 144 valence electrons. The van der Waals surface area contributed by atoms with Gasteiger partial charge in [-0.1, -0.05) is 59.9 Å². The van der Waals surface area contributed by atoms with Crippen LogP contribution >= 0.6 is 11.3 Å². The van der Waals surface area contributed by atoms with E-state index in [0.717, 1.165) is 28.2 Å². The van der Waals surface area contributed by atoms with Crippen molar-refractivity contribution in [2.75, 3.05) is 11.9 Å². The highest BCUT2D eigenvalue weighted by atomic mass is 32.1. The number of hydrogen-bond donors (Lipinski definition) is 1. The Morgan fingerprint density at radius 1 is 1.07 bits per heavy atom. The predicted molar refractivity (Wildman–Crippen MR) is 109 cm³/mol. The summed E-state index contributed by atoms with van der Waals surface area (Å²) in [4.78, 5) is 35.6. The summed E-state index contributed by atoms with van der Waals surface area (Å²) in [6.07, 6.45) is 0.0331. The van der Waals surface area contributed by atoms with Gasteiger partial charge in [0.2, 0.25) is 0 Å². The second-order valence-corrected chi connectivity index (χ2v) is 6.99. The van der Waals surface area contributed by atoms with Crippen molar-refractivity contribution in [1.29, 1.82) is 0 Å². The summed E-state index contributed by atoms with van der Waals surface area (Å²) in [6, 6.07) is 17.1. The number of anilines is 1. The number of ether oxygens (including phenoxy) is 1. The Hall–Kier alpha value is -3.19. The first kappa shape index (κ1) is 19.6. The Bertz CT molecular complexity index is 1020. The number of para-hydroxylation sites is 1. The van der Waals surface area contributed by atoms with Gasteiger partial charge in [0.05, 0.1) is 6.42 Å². The Morgan fingerprint density at radius 2 is 1.79 bits per heavy atom. The zero-order valence-electron chi connectivity index (χ0n) is 15.4. The van der Waals surface area contributed by atoms with E-state index in [1.807, 2.05) is 48.5 Å². The number of nitrogens with zero attached hydrogens (tertiary/aromatic N) is 1. The van der Waals surface area contributed by atoms with Crippen molar-refractivity contribution in [3.63, 3.8) is 0 Å². The van der Waals surface area contributed by atoms with Crippen molar-refractivity contribution in [3.05, 3.63) is 75.3 Å². The van der Waals surface area contributed by atoms with E-state index in [9.17, 15) is 14.4 Å². The smallest absolute Gasteiger partial charge is 0.308 e. The highest BCUT2D eigenvalue weighted by Gasteiger charge is 2.12. The fourth-order valence-corrected chi connectivity index (χ4v) is 3.50. The number of benzene rings is 2. The maximum atomic E-state index is 12.2. The third-order valence-electron chi connectivity index (χ3n) is 4.17. The van der Waals surface area contributed by atoms with Gasteiger partial charge in [-0.3, -0.25) is 14.4 Å². The molecule has 3 aromatic rings. The molecule has 1 N–H and O–H groups in total. The van der Waals surface area contributed by atoms with Gasteiger partial charge in [-0.25, -0.2) is 0 Å². The maximum absolute atomic E-state index is 12.2. The number of esters is 1. The molecular formula is C21H20N2O4S. The second-order valence-electron chi connectivity index (χ2n) is 6.17. The van der Waals surface area contributed by atoms with Gasteiger partial charge in [-0.05, 0) is 18.6 Å². The van der Waals surface area contributed by atoms with E-state index in [1.165, 1.54) is 4.57 Å². The van der Waals surface area contributed by atoms with Gasteiger partial charge in [-0.2, -0.15) is 0 Å². The fourth-order valence-electron chi connectivity index (χ4n) is 2.74. The first-order valence-corrected chi connectivity index (χ1v) is 9.67. The van der Waals surface area contributed by atoms with E-state index in [0.29, 0.717) is 5.69 Å². The molecule has 3 rings (SSSR count). The van der Waals surface area contributed by atoms with Crippen molar-refractivity contribution in [3.8, 4) is 11.1 Å². The summed E-state index contributed by atoms with van der Waals surface area (Å²) in [7, 11) is 0. The number of aromatic nitrogens is 1. The van der Waals surface area contributed by atoms with Gasteiger partial charge in [0, 0.05) is 28.9 Å². The van der Waals surface area contributed by atoms with Crippen molar-refractivity contribution in [1.82, 2.24) is 4.57 Å². The monoisotopic (exact) mass is 396 g/mol. The third kappa shape index (κ3) is 4.95. The maximum Gasteiger partial charge on any atom is 0.308 e. The van der Waals surface area contributed by atoms with Crippen LogP contribution in [0.25, 0.3) is 11.1 Å². The minimum Gasteiger partial charge on any atom is -0.456 e. The molecule has 0 spiro atoms. The first-order chi connectivity index (χ1) is 13.5. The Labute approximate surface area is 166 Å². The van der Waals surface area contributed by atoms with Gasteiger partial charge in [0.25, 0.3) is 5.91 Å². The number of rotatable bonds is 7. The Morgan fingerprint density at radius 3 is 2.50 bits per heavy atom. The molecule has 1 aromatic heterocycles. The Kier molecular flexibility index (Phi) is 6.39. The van der Waals surface area contributed by atoms with Crippen LogP contribution in [0.2, 0.25) is 0 Å². The quantitative estimate of drug-likeness (QED) is 0.621. The summed E-state index contributed by atoms with van der Waals surface area (Å²) in [6.45, 7) is 1.67. The number of carbonyl (C=O) groups excluding carboxylic acids is 2. The summed E-state index contributed by atoms with van der Waals surface area (Å²) >= 11 is 1.09. The summed E-state index contributed by atoms with van der Waals surface area (Å²) in [5.41, 5.74) is 3.32. The molecule has 28 heavy (non-hydrogen) atoms. The van der Waals surface area contributed by atoms with E-state index >= 15 is 0 Å². The highest BCUT2D eigenvalue weighted by Crippen LogP contribution is 2.27. The normalized spacial score (nSPS) is 10.5. The summed E-state index contributed by atoms with van der Waals surface area (Å²) in [5.74, 6) is -0.940. The van der Waals surface area contributed by atoms with E-state index in [1.54, 1.807) is 18.4 Å². The molecule has 6 nitrogen and oxygen atoms in total. The number of carbonyl (C=O) groups is 2. The van der Waals surface area contributed by atoms with Crippen LogP contribution in [-0.2, 0) is 20.9 Å². The number of hydrogen-bond acceptors (Lipinski definition) is 5. The first-order valence-electron chi connectivity index (χ1n) is 8.79. The van der Waals surface area contributed by atoms with E-state index < -0.39 is 11.9 Å². The number of nitrogens with one attached hydrogen (secondary N) is 1. The van der Waals surface area contributed by atoms with Crippen LogP contribution in [0.15, 0.2) is 64.8 Å². The third-order valence-corrected chi connectivity index (χ3v) is 5.05. The number of amides is 1. The molecule has 0 aliphatic heterocycles. The van der Waals surface area contributed by atoms with Crippen molar-refractivity contribution in [2.24, 2.45) is 0 Å². The zero-order valence-corrected chi connectivity index (χ0v) is 16.2. The molecule has 0 aliphatic carbocycles. The lowest BCUT2D eigenvalue weighted by Gasteiger charge is -2.11. The van der Waals surface area contributed by atoms with Crippen LogP contribution in [0.5, 0.6) is 0 Å². The van der Waals surface area contributed by atoms with Gasteiger partial charge < -0.3 is 14.6 Å². The minimum absolute atomic E-state index is 0.0331. The SMILES string of the molecule is Cc1csc(=O)n1CCC(=O)OCC(=O)Nc1ccccc1-c1ccccc1. The number of thiazole rings is 1. The molecule has 0 atom stereocenters. The van der Waals surface area contributed by atoms with E-state index in [4.69, 9.17) is 4.74 Å². The largest absolute Gasteiger partial charge is 0.456 e. The van der Waals surface area contributed by atoms with Crippen LogP contribution in [0.4, 0.5) is 5.69 Å². The lowest BCUT2D eigenvalue weighted by molar-refractivity contribution is -0.147. The van der Waals surface area contributed by atoms with E-state index in [2.05, 4.69) is 5.32 Å². The fraction of sp³-hybridized carbons (Fsp3) is 0.190. The van der Waals surface area contributed by atoms with Crippen LogP contribution in [-0.4, -0.2) is 23.1 Å². The van der Waals surface area contributed by atoms with Crippen molar-refractivity contribution >= 4 is 28.9 Å². The molecule has 0 radical (unpaired) electrons. The average Bonchev–Trinajstić information content (AvgIpc) is 3.03. The predicted octanol–water partition coefficient (Wildman–Crippen LogP) is 3.46. The van der Waals surface area contributed by atoms with Gasteiger partial charge >= 0.3 is 10.8 Å². The molecule has 0 fully saturated rings. The molecule has 2 aromatic carbocycles. The summed E-state index contributed by atoms with van der Waals surface area (Å²) in [5, 5.41) is 4.52. The highest BCUT2D eigenvalue weighted by molar-refractivity contribution is 7.07. The molecule has 7 heteroatoms.